The lowest BCUT2D eigenvalue weighted by Gasteiger charge is -2.32. The highest BCUT2D eigenvalue weighted by Gasteiger charge is 2.26. The molecule has 1 N–H and O–H groups in total. The van der Waals surface area contributed by atoms with Gasteiger partial charge in [0.05, 0.1) is 12.9 Å². The number of aryl methyl sites for hydroxylation is 1. The summed E-state index contributed by atoms with van der Waals surface area (Å²) >= 11 is 0. The highest BCUT2D eigenvalue weighted by Crippen LogP contribution is 2.12. The van der Waals surface area contributed by atoms with Gasteiger partial charge in [0.2, 0.25) is 0 Å². The maximum absolute atomic E-state index is 12.3. The number of carbonyl (C=O) groups is 1. The standard InChI is InChI=1S/C18H22N2O3/c1-14-16(7-9-22-14)11-19-18(21)17-13-20(8-10-23-17)12-15-5-3-2-4-6-15/h2-7,9,17H,8,10-13H2,1H3,(H,19,21)/t17-/m0/s1. The fraction of sp³-hybridized carbons (Fsp3) is 0.389. The van der Waals surface area contributed by atoms with Gasteiger partial charge < -0.3 is 14.5 Å². The molecule has 1 atom stereocenters. The van der Waals surface area contributed by atoms with Crippen LogP contribution in [0, 0.1) is 6.92 Å². The minimum atomic E-state index is -0.417. The van der Waals surface area contributed by atoms with Crippen molar-refractivity contribution in [3.63, 3.8) is 0 Å². The first-order valence-electron chi connectivity index (χ1n) is 7.91. The molecule has 0 unspecified atom stereocenters. The minimum absolute atomic E-state index is 0.0663. The number of hydrogen-bond donors (Lipinski definition) is 1. The molecule has 1 amide bonds. The normalized spacial score (nSPS) is 18.7. The van der Waals surface area contributed by atoms with Crippen LogP contribution < -0.4 is 5.32 Å². The van der Waals surface area contributed by atoms with E-state index in [-0.39, 0.29) is 5.91 Å². The summed E-state index contributed by atoms with van der Waals surface area (Å²) in [6, 6.07) is 12.2. The molecule has 0 radical (unpaired) electrons. The molecule has 0 bridgehead atoms. The number of nitrogens with zero attached hydrogens (tertiary/aromatic N) is 1. The van der Waals surface area contributed by atoms with Crippen molar-refractivity contribution >= 4 is 5.91 Å². The molecule has 122 valence electrons. The van der Waals surface area contributed by atoms with Crippen LogP contribution in [0.3, 0.4) is 0 Å². The van der Waals surface area contributed by atoms with Gasteiger partial charge in [-0.1, -0.05) is 30.3 Å². The van der Waals surface area contributed by atoms with E-state index in [4.69, 9.17) is 9.15 Å². The molecule has 1 saturated heterocycles. The minimum Gasteiger partial charge on any atom is -0.469 e. The molecule has 1 aliphatic rings. The van der Waals surface area contributed by atoms with Gasteiger partial charge in [-0.05, 0) is 18.6 Å². The maximum atomic E-state index is 12.3. The van der Waals surface area contributed by atoms with Crippen molar-refractivity contribution in [2.75, 3.05) is 19.7 Å². The van der Waals surface area contributed by atoms with Crippen molar-refractivity contribution in [3.8, 4) is 0 Å². The number of morpholine rings is 1. The zero-order valence-electron chi connectivity index (χ0n) is 13.3. The molecule has 1 aliphatic heterocycles. The van der Waals surface area contributed by atoms with E-state index in [9.17, 15) is 4.79 Å². The average Bonchev–Trinajstić information content (AvgIpc) is 2.99. The molecule has 1 aromatic heterocycles. The monoisotopic (exact) mass is 314 g/mol. The fourth-order valence-corrected chi connectivity index (χ4v) is 2.74. The number of hydrogen-bond acceptors (Lipinski definition) is 4. The van der Waals surface area contributed by atoms with Crippen LogP contribution >= 0.6 is 0 Å². The molecule has 0 saturated carbocycles. The summed E-state index contributed by atoms with van der Waals surface area (Å²) in [7, 11) is 0. The molecule has 2 heterocycles. The van der Waals surface area contributed by atoms with Crippen LogP contribution in [0.2, 0.25) is 0 Å². The Balaban J connectivity index is 1.51. The Hall–Kier alpha value is -2.11. The van der Waals surface area contributed by atoms with Crippen LogP contribution in [0.25, 0.3) is 0 Å². The van der Waals surface area contributed by atoms with Crippen LogP contribution in [-0.4, -0.2) is 36.6 Å². The topological polar surface area (TPSA) is 54.7 Å². The summed E-state index contributed by atoms with van der Waals surface area (Å²) in [5, 5.41) is 2.93. The molecule has 0 aliphatic carbocycles. The smallest absolute Gasteiger partial charge is 0.250 e. The Bertz CT molecular complexity index is 639. The van der Waals surface area contributed by atoms with Crippen molar-refractivity contribution in [3.05, 3.63) is 59.5 Å². The van der Waals surface area contributed by atoms with E-state index >= 15 is 0 Å². The predicted octanol–water partition coefficient (Wildman–Crippen LogP) is 2.11. The lowest BCUT2D eigenvalue weighted by Crippen LogP contribution is -2.49. The molecule has 1 fully saturated rings. The average molecular weight is 314 g/mol. The first kappa shape index (κ1) is 15.8. The van der Waals surface area contributed by atoms with Crippen LogP contribution in [0.4, 0.5) is 0 Å². The predicted molar refractivity (Wildman–Crippen MR) is 86.8 cm³/mol. The summed E-state index contributed by atoms with van der Waals surface area (Å²) in [5.74, 6) is 0.768. The van der Waals surface area contributed by atoms with Gasteiger partial charge in [0.1, 0.15) is 11.9 Å². The van der Waals surface area contributed by atoms with Crippen LogP contribution in [0.15, 0.2) is 47.1 Å². The molecule has 5 heteroatoms. The van der Waals surface area contributed by atoms with Crippen molar-refractivity contribution < 1.29 is 13.9 Å². The first-order chi connectivity index (χ1) is 11.2. The summed E-state index contributed by atoms with van der Waals surface area (Å²) in [6.45, 7) is 5.25. The third-order valence-electron chi connectivity index (χ3n) is 4.11. The number of ether oxygens (including phenoxy) is 1. The Morgan fingerprint density at radius 2 is 2.13 bits per heavy atom. The number of nitrogens with one attached hydrogen (secondary N) is 1. The molecule has 5 nitrogen and oxygen atoms in total. The summed E-state index contributed by atoms with van der Waals surface area (Å²) in [4.78, 5) is 14.6. The second-order valence-electron chi connectivity index (χ2n) is 5.80. The zero-order chi connectivity index (χ0) is 16.1. The van der Waals surface area contributed by atoms with E-state index in [2.05, 4.69) is 22.3 Å². The van der Waals surface area contributed by atoms with Gasteiger partial charge in [-0.15, -0.1) is 0 Å². The van der Waals surface area contributed by atoms with Crippen molar-refractivity contribution in [1.82, 2.24) is 10.2 Å². The highest BCUT2D eigenvalue weighted by molar-refractivity contribution is 5.81. The Morgan fingerprint density at radius 3 is 2.87 bits per heavy atom. The lowest BCUT2D eigenvalue weighted by molar-refractivity contribution is -0.139. The largest absolute Gasteiger partial charge is 0.469 e. The molecule has 2 aromatic rings. The van der Waals surface area contributed by atoms with Gasteiger partial charge in [-0.2, -0.15) is 0 Å². The van der Waals surface area contributed by atoms with E-state index in [0.717, 1.165) is 24.4 Å². The second kappa shape index (κ2) is 7.44. The highest BCUT2D eigenvalue weighted by atomic mass is 16.5. The first-order valence-corrected chi connectivity index (χ1v) is 7.91. The number of rotatable bonds is 5. The lowest BCUT2D eigenvalue weighted by atomic mass is 10.2. The maximum Gasteiger partial charge on any atom is 0.250 e. The molecule has 0 spiro atoms. The Kier molecular flexibility index (Phi) is 5.10. The second-order valence-corrected chi connectivity index (χ2v) is 5.80. The molecule has 23 heavy (non-hydrogen) atoms. The van der Waals surface area contributed by atoms with Gasteiger partial charge in [0.25, 0.3) is 5.91 Å². The van der Waals surface area contributed by atoms with Gasteiger partial charge in [0.15, 0.2) is 0 Å². The number of amides is 1. The van der Waals surface area contributed by atoms with Crippen molar-refractivity contribution in [2.24, 2.45) is 0 Å². The number of benzene rings is 1. The van der Waals surface area contributed by atoms with Crippen LogP contribution in [0.5, 0.6) is 0 Å². The van der Waals surface area contributed by atoms with E-state index in [0.29, 0.717) is 19.7 Å². The van der Waals surface area contributed by atoms with Gasteiger partial charge in [0, 0.05) is 31.7 Å². The Labute approximate surface area is 136 Å². The number of furan rings is 1. The van der Waals surface area contributed by atoms with Gasteiger partial charge in [-0.25, -0.2) is 0 Å². The Morgan fingerprint density at radius 1 is 1.30 bits per heavy atom. The summed E-state index contributed by atoms with van der Waals surface area (Å²) < 4.78 is 10.9. The molecule has 1 aromatic carbocycles. The molecular formula is C18H22N2O3. The third-order valence-corrected chi connectivity index (χ3v) is 4.11. The fourth-order valence-electron chi connectivity index (χ4n) is 2.74. The van der Waals surface area contributed by atoms with E-state index in [1.165, 1.54) is 5.56 Å². The van der Waals surface area contributed by atoms with Gasteiger partial charge >= 0.3 is 0 Å². The molecular weight excluding hydrogens is 292 g/mol. The summed E-state index contributed by atoms with van der Waals surface area (Å²) in [6.07, 6.45) is 1.22. The van der Waals surface area contributed by atoms with E-state index in [1.807, 2.05) is 31.2 Å². The van der Waals surface area contributed by atoms with E-state index < -0.39 is 6.10 Å². The van der Waals surface area contributed by atoms with Crippen LogP contribution in [0.1, 0.15) is 16.9 Å². The third kappa shape index (κ3) is 4.21. The molecule has 3 rings (SSSR count). The van der Waals surface area contributed by atoms with Crippen molar-refractivity contribution in [1.29, 1.82) is 0 Å². The summed E-state index contributed by atoms with van der Waals surface area (Å²) in [5.41, 5.74) is 2.25. The van der Waals surface area contributed by atoms with E-state index in [1.54, 1.807) is 6.26 Å². The zero-order valence-corrected chi connectivity index (χ0v) is 13.3. The SMILES string of the molecule is Cc1occc1CNC(=O)[C@@H]1CN(Cc2ccccc2)CCO1. The number of carbonyl (C=O) groups excluding carboxylic acids is 1. The quantitative estimate of drug-likeness (QED) is 0.918. The van der Waals surface area contributed by atoms with Gasteiger partial charge in [-0.3, -0.25) is 9.69 Å². The van der Waals surface area contributed by atoms with Crippen molar-refractivity contribution in [2.45, 2.75) is 26.1 Å². The van der Waals surface area contributed by atoms with Crippen LogP contribution in [-0.2, 0) is 22.6 Å².